The van der Waals surface area contributed by atoms with Gasteiger partial charge in [0.25, 0.3) is 0 Å². The number of aliphatic carboxylic acids is 1. The number of aromatic carboxylic acids is 1. The normalized spacial score (nSPS) is 9.75. The minimum absolute atomic E-state index is 0.259. The van der Waals surface area contributed by atoms with Crippen molar-refractivity contribution < 1.29 is 43.5 Å². The van der Waals surface area contributed by atoms with Crippen molar-refractivity contribution in [2.24, 2.45) is 0 Å². The molecule has 0 aliphatic carbocycles. The van der Waals surface area contributed by atoms with Crippen molar-refractivity contribution in [2.45, 2.75) is 110 Å². The van der Waals surface area contributed by atoms with Crippen LogP contribution in [0.25, 0.3) is 0 Å². The van der Waals surface area contributed by atoms with Crippen molar-refractivity contribution in [3.05, 3.63) is 29.8 Å². The van der Waals surface area contributed by atoms with Crippen LogP contribution in [0.15, 0.2) is 24.3 Å². The zero-order valence-electron chi connectivity index (χ0n) is 19.8. The Morgan fingerprint density at radius 2 is 1.03 bits per heavy atom. The molecule has 0 aliphatic rings. The summed E-state index contributed by atoms with van der Waals surface area (Å²) in [6, 6.07) is 6.06. The number of nitrogen functional groups attached to an aromatic ring is 1. The molecule has 1 aromatic rings. The van der Waals surface area contributed by atoms with E-state index in [1.54, 1.807) is 12.1 Å². The Balaban J connectivity index is 0. The van der Waals surface area contributed by atoms with Crippen molar-refractivity contribution in [1.82, 2.24) is 0 Å². The first-order valence-corrected chi connectivity index (χ1v) is 12.6. The number of carboxylic acids is 2. The van der Waals surface area contributed by atoms with Gasteiger partial charge < -0.3 is 15.9 Å². The Morgan fingerprint density at radius 1 is 0.688 bits per heavy atom. The van der Waals surface area contributed by atoms with Gasteiger partial charge in [-0.15, -0.1) is 0 Å². The SMILES string of the molecule is CCCCCCCCCCCCCCCCCC(=O)O.Nc1ccc(C(=O)O)cc1.[O]=[Ti]. The van der Waals surface area contributed by atoms with Gasteiger partial charge in [-0.05, 0) is 30.7 Å². The third-order valence-corrected chi connectivity index (χ3v) is 5.15. The summed E-state index contributed by atoms with van der Waals surface area (Å²) in [5.41, 5.74) is 6.17. The zero-order chi connectivity index (χ0) is 24.5. The van der Waals surface area contributed by atoms with Crippen LogP contribution in [0.2, 0.25) is 0 Å². The van der Waals surface area contributed by atoms with Crippen LogP contribution in [0, 0.1) is 0 Å². The summed E-state index contributed by atoms with van der Waals surface area (Å²) in [4.78, 5) is 20.6. The first-order chi connectivity index (χ1) is 15.5. The maximum absolute atomic E-state index is 10.3. The quantitative estimate of drug-likeness (QED) is 0.122. The van der Waals surface area contributed by atoms with Crippen LogP contribution >= 0.6 is 0 Å². The van der Waals surface area contributed by atoms with E-state index < -0.39 is 11.9 Å². The molecule has 32 heavy (non-hydrogen) atoms. The molecule has 0 atom stereocenters. The fourth-order valence-electron chi connectivity index (χ4n) is 3.27. The van der Waals surface area contributed by atoms with Crippen LogP contribution in [-0.2, 0) is 28.5 Å². The Kier molecular flexibility index (Phi) is 26.3. The van der Waals surface area contributed by atoms with Gasteiger partial charge in [-0.2, -0.15) is 0 Å². The summed E-state index contributed by atoms with van der Waals surface area (Å²) >= 11 is 0.750. The first-order valence-electron chi connectivity index (χ1n) is 12.0. The molecule has 0 saturated heterocycles. The fraction of sp³-hybridized carbons (Fsp3) is 0.680. The van der Waals surface area contributed by atoms with Crippen molar-refractivity contribution in [2.75, 3.05) is 5.73 Å². The molecule has 0 amide bonds. The second kappa shape index (κ2) is 25.7. The van der Waals surface area contributed by atoms with E-state index in [0.29, 0.717) is 12.1 Å². The van der Waals surface area contributed by atoms with Crippen molar-refractivity contribution in [1.29, 1.82) is 0 Å². The molecule has 0 heterocycles. The van der Waals surface area contributed by atoms with Crippen LogP contribution < -0.4 is 5.73 Å². The molecule has 1 rings (SSSR count). The van der Waals surface area contributed by atoms with Crippen LogP contribution in [0.5, 0.6) is 0 Å². The van der Waals surface area contributed by atoms with Crippen LogP contribution in [0.1, 0.15) is 120 Å². The maximum atomic E-state index is 10.3. The second-order valence-electron chi connectivity index (χ2n) is 8.02. The second-order valence-corrected chi connectivity index (χ2v) is 8.02. The molecule has 182 valence electrons. The van der Waals surface area contributed by atoms with Gasteiger partial charge in [0.05, 0.1) is 5.56 Å². The van der Waals surface area contributed by atoms with Crippen LogP contribution in [0.3, 0.4) is 0 Å². The molecule has 0 bridgehead atoms. The van der Waals surface area contributed by atoms with E-state index >= 15 is 0 Å². The van der Waals surface area contributed by atoms with Crippen LogP contribution in [-0.4, -0.2) is 22.2 Å². The van der Waals surface area contributed by atoms with E-state index in [1.165, 1.54) is 95.6 Å². The van der Waals surface area contributed by atoms with E-state index in [0.717, 1.165) is 33.2 Å². The minimum atomic E-state index is -0.931. The summed E-state index contributed by atoms with van der Waals surface area (Å²) < 4.78 is 8.25. The van der Waals surface area contributed by atoms with E-state index in [9.17, 15) is 9.59 Å². The van der Waals surface area contributed by atoms with E-state index in [2.05, 4.69) is 6.92 Å². The number of anilines is 1. The molecule has 0 unspecified atom stereocenters. The van der Waals surface area contributed by atoms with Crippen molar-refractivity contribution in [3.8, 4) is 0 Å². The molecular formula is C25H43NO5Ti. The molecular weight excluding hydrogens is 442 g/mol. The number of rotatable bonds is 17. The average Bonchev–Trinajstić information content (AvgIpc) is 2.78. The molecule has 0 aromatic heterocycles. The molecule has 0 saturated carbocycles. The van der Waals surface area contributed by atoms with Gasteiger partial charge in [0.1, 0.15) is 0 Å². The molecule has 0 fully saturated rings. The Labute approximate surface area is 206 Å². The monoisotopic (exact) mass is 485 g/mol. The molecule has 0 spiro atoms. The summed E-state index contributed by atoms with van der Waals surface area (Å²) in [5, 5.41) is 17.0. The number of nitrogens with two attached hydrogens (primary N) is 1. The predicted octanol–water partition coefficient (Wildman–Crippen LogP) is 7.18. The summed E-state index contributed by atoms with van der Waals surface area (Å²) in [5.74, 6) is -1.58. The predicted molar refractivity (Wildman–Crippen MR) is 126 cm³/mol. The van der Waals surface area contributed by atoms with Gasteiger partial charge in [0.2, 0.25) is 0 Å². The topological polar surface area (TPSA) is 118 Å². The number of unbranched alkanes of at least 4 members (excludes halogenated alkanes) is 14. The third-order valence-electron chi connectivity index (χ3n) is 5.15. The average molecular weight is 485 g/mol. The zero-order valence-corrected chi connectivity index (χ0v) is 21.4. The number of hydrogen-bond acceptors (Lipinski definition) is 4. The first kappa shape index (κ1) is 32.7. The Hall–Kier alpha value is -1.53. The number of carboxylic acid groups (broad SMARTS) is 2. The van der Waals surface area contributed by atoms with E-state index in [4.69, 9.17) is 19.3 Å². The van der Waals surface area contributed by atoms with Gasteiger partial charge in [0.15, 0.2) is 0 Å². The Morgan fingerprint density at radius 3 is 1.34 bits per heavy atom. The third kappa shape index (κ3) is 24.7. The molecule has 1 aromatic carbocycles. The number of carbonyl (C=O) groups is 2. The summed E-state index contributed by atoms with van der Waals surface area (Å²) in [6.45, 7) is 2.27. The molecule has 0 radical (unpaired) electrons. The molecule has 7 heteroatoms. The van der Waals surface area contributed by atoms with Crippen LogP contribution in [0.4, 0.5) is 5.69 Å². The molecule has 4 N–H and O–H groups in total. The van der Waals surface area contributed by atoms with Gasteiger partial charge in [-0.3, -0.25) is 4.79 Å². The van der Waals surface area contributed by atoms with Crippen molar-refractivity contribution >= 4 is 17.6 Å². The number of benzene rings is 1. The van der Waals surface area contributed by atoms with Crippen molar-refractivity contribution in [3.63, 3.8) is 0 Å². The van der Waals surface area contributed by atoms with E-state index in [1.807, 2.05) is 0 Å². The summed E-state index contributed by atoms with van der Waals surface area (Å²) in [6.07, 6.45) is 20.2. The Bertz CT molecular complexity index is 566. The van der Waals surface area contributed by atoms with Gasteiger partial charge in [0, 0.05) is 12.1 Å². The summed E-state index contributed by atoms with van der Waals surface area (Å²) in [7, 11) is 0. The molecule has 6 nitrogen and oxygen atoms in total. The van der Waals surface area contributed by atoms with Gasteiger partial charge in [-0.25, -0.2) is 4.79 Å². The molecule has 0 aliphatic heterocycles. The number of hydrogen-bond donors (Lipinski definition) is 3. The van der Waals surface area contributed by atoms with E-state index in [-0.39, 0.29) is 5.56 Å². The standard InChI is InChI=1S/C18H36O2.C7H7NO2.O.Ti/c1-2-3-4-5-6-7-8-9-10-11-12-13-14-15-16-17-18(19)20;8-6-3-1-5(2-4-6)7(9)10;;/h2-17H2,1H3,(H,19,20);1-4H,8H2,(H,9,10);;. The van der Waals surface area contributed by atoms with Gasteiger partial charge in [-0.1, -0.05) is 96.8 Å². The van der Waals surface area contributed by atoms with Gasteiger partial charge >= 0.3 is 35.7 Å². The fourth-order valence-corrected chi connectivity index (χ4v) is 3.27.